The molecule has 0 aliphatic heterocycles. The fraction of sp³-hybridized carbons (Fsp3) is 0.333. The third kappa shape index (κ3) is 2.50. The van der Waals surface area contributed by atoms with Gasteiger partial charge in [-0.2, -0.15) is 0 Å². The van der Waals surface area contributed by atoms with Crippen LogP contribution in [0.1, 0.15) is 0 Å². The Bertz CT molecular complexity index is 174. The fourth-order valence-corrected chi connectivity index (χ4v) is 0.402. The minimum atomic E-state index is -3.34. The second-order valence-electron chi connectivity index (χ2n) is 1.29. The Labute approximate surface area is 57.5 Å². The van der Waals surface area contributed by atoms with Gasteiger partial charge in [-0.25, -0.2) is 0 Å². The summed E-state index contributed by atoms with van der Waals surface area (Å²) < 4.78 is 20.0. The molecular weight excluding hydrogens is 189 g/mol. The molecule has 0 saturated carbocycles. The molecule has 0 bridgehead atoms. The molecule has 0 aliphatic carbocycles. The average molecular weight is 197 g/mol. The molecule has 2 unspecified atom stereocenters. The summed E-state index contributed by atoms with van der Waals surface area (Å²) in [6.45, 7) is 3.28. The van der Waals surface area contributed by atoms with Crippen LogP contribution in [0.25, 0.3) is 0 Å². The van der Waals surface area contributed by atoms with Crippen molar-refractivity contribution in [2.24, 2.45) is 5.14 Å². The van der Waals surface area contributed by atoms with Gasteiger partial charge in [0.25, 0.3) is 0 Å². The van der Waals surface area contributed by atoms with E-state index in [9.17, 15) is 8.42 Å². The number of nitrogens with two attached hydrogens (primary N) is 1. The Kier molecular flexibility index (Phi) is 2.74. The van der Waals surface area contributed by atoms with E-state index >= 15 is 0 Å². The summed E-state index contributed by atoms with van der Waals surface area (Å²) in [5.41, 5.74) is 0. The SMILES string of the molecule is C=CC([AsH2])S(N)(=O)=O. The molecule has 0 heterocycles. The van der Waals surface area contributed by atoms with Crippen molar-refractivity contribution < 1.29 is 8.42 Å². The van der Waals surface area contributed by atoms with Crippen molar-refractivity contribution >= 4 is 26.9 Å². The van der Waals surface area contributed by atoms with E-state index in [0.717, 1.165) is 16.9 Å². The molecule has 0 aromatic rings. The van der Waals surface area contributed by atoms with E-state index in [0.29, 0.717) is 0 Å². The molecule has 0 saturated heterocycles. The first kappa shape index (κ1) is 8.21. The van der Waals surface area contributed by atoms with Crippen LogP contribution < -0.4 is 5.14 Å². The second kappa shape index (κ2) is 2.67. The molecular formula is C3H8AsNO2S. The van der Waals surface area contributed by atoms with Gasteiger partial charge in [-0.3, -0.25) is 0 Å². The van der Waals surface area contributed by atoms with Gasteiger partial charge in [0.15, 0.2) is 0 Å². The van der Waals surface area contributed by atoms with Crippen molar-refractivity contribution in [2.75, 3.05) is 0 Å². The molecule has 0 amide bonds. The molecule has 0 radical (unpaired) electrons. The van der Waals surface area contributed by atoms with Crippen LogP contribution in [0, 0.1) is 0 Å². The molecule has 5 heteroatoms. The van der Waals surface area contributed by atoms with Crippen LogP contribution >= 0.6 is 0 Å². The third-order valence-electron chi connectivity index (χ3n) is 0.612. The number of hydrogen-bond acceptors (Lipinski definition) is 2. The summed E-state index contributed by atoms with van der Waals surface area (Å²) in [6, 6.07) is 0. The molecule has 0 spiro atoms. The van der Waals surface area contributed by atoms with Gasteiger partial charge in [-0.15, -0.1) is 0 Å². The summed E-state index contributed by atoms with van der Waals surface area (Å²) in [7, 11) is -3.34. The van der Waals surface area contributed by atoms with Gasteiger partial charge in [0.2, 0.25) is 0 Å². The van der Waals surface area contributed by atoms with E-state index in [1.807, 2.05) is 0 Å². The standard InChI is InChI=1S/C3H8AsNO2S/c1-2-3(4)8(5,6)7/h2-3H,1,4H2,(H2,5,6,7). The molecule has 0 aliphatic rings. The number of rotatable bonds is 2. The zero-order chi connectivity index (χ0) is 6.78. The van der Waals surface area contributed by atoms with E-state index in [1.165, 1.54) is 6.08 Å². The summed E-state index contributed by atoms with van der Waals surface area (Å²) >= 11 is 1.04. The van der Waals surface area contributed by atoms with Crippen LogP contribution in [0.4, 0.5) is 0 Å². The number of primary sulfonamides is 1. The van der Waals surface area contributed by atoms with Crippen LogP contribution in [0.5, 0.6) is 0 Å². The summed E-state index contributed by atoms with van der Waals surface area (Å²) in [6.07, 6.45) is 1.31. The Morgan fingerprint density at radius 2 is 2.12 bits per heavy atom. The maximum atomic E-state index is 10.3. The van der Waals surface area contributed by atoms with Crippen LogP contribution in [0.3, 0.4) is 0 Å². The van der Waals surface area contributed by atoms with Crippen molar-refractivity contribution in [3.63, 3.8) is 0 Å². The van der Waals surface area contributed by atoms with Gasteiger partial charge in [0.1, 0.15) is 0 Å². The molecule has 0 aromatic carbocycles. The van der Waals surface area contributed by atoms with E-state index in [4.69, 9.17) is 5.14 Å². The number of sulfonamides is 1. The van der Waals surface area contributed by atoms with Crippen LogP contribution in [0.15, 0.2) is 12.7 Å². The van der Waals surface area contributed by atoms with Gasteiger partial charge in [0.05, 0.1) is 0 Å². The van der Waals surface area contributed by atoms with Crippen LogP contribution in [-0.2, 0) is 10.0 Å². The first-order valence-electron chi connectivity index (χ1n) is 1.88. The zero-order valence-electron chi connectivity index (χ0n) is 4.24. The molecule has 0 aromatic heterocycles. The maximum absolute atomic E-state index is 10.3. The molecule has 2 atom stereocenters. The Morgan fingerprint density at radius 1 is 1.75 bits per heavy atom. The van der Waals surface area contributed by atoms with Gasteiger partial charge in [0, 0.05) is 0 Å². The molecule has 2 N–H and O–H groups in total. The van der Waals surface area contributed by atoms with Crippen LogP contribution in [0.2, 0.25) is 0 Å². The summed E-state index contributed by atoms with van der Waals surface area (Å²) in [5, 5.41) is 4.71. The Morgan fingerprint density at radius 3 is 2.12 bits per heavy atom. The van der Waals surface area contributed by atoms with Gasteiger partial charge < -0.3 is 0 Å². The van der Waals surface area contributed by atoms with E-state index in [1.54, 1.807) is 0 Å². The first-order chi connectivity index (χ1) is 3.48. The Hall–Kier alpha value is 0.208. The van der Waals surface area contributed by atoms with Crippen molar-refractivity contribution in [1.82, 2.24) is 0 Å². The predicted octanol–water partition coefficient (Wildman–Crippen LogP) is -1.58. The third-order valence-corrected chi connectivity index (χ3v) is 4.52. The molecule has 0 fully saturated rings. The van der Waals surface area contributed by atoms with E-state index in [-0.39, 0.29) is 0 Å². The Balaban J connectivity index is 4.26. The molecule has 48 valence electrons. The van der Waals surface area contributed by atoms with Crippen LogP contribution in [-0.4, -0.2) is 29.3 Å². The monoisotopic (exact) mass is 197 g/mol. The van der Waals surface area contributed by atoms with Crippen molar-refractivity contribution in [3.05, 3.63) is 12.7 Å². The van der Waals surface area contributed by atoms with Crippen molar-refractivity contribution in [2.45, 2.75) is 4.04 Å². The summed E-state index contributed by atoms with van der Waals surface area (Å²) in [5.74, 6) is 0. The van der Waals surface area contributed by atoms with Gasteiger partial charge >= 0.3 is 57.1 Å². The van der Waals surface area contributed by atoms with E-state index in [2.05, 4.69) is 6.58 Å². The first-order valence-corrected chi connectivity index (χ1v) is 4.89. The molecule has 8 heavy (non-hydrogen) atoms. The van der Waals surface area contributed by atoms with Crippen molar-refractivity contribution in [1.29, 1.82) is 0 Å². The second-order valence-corrected chi connectivity index (χ2v) is 5.53. The van der Waals surface area contributed by atoms with Crippen molar-refractivity contribution in [3.8, 4) is 0 Å². The fourth-order valence-electron chi connectivity index (χ4n) is 0.134. The predicted molar refractivity (Wildman–Crippen MR) is 35.6 cm³/mol. The average Bonchev–Trinajstić information content (AvgIpc) is 1.62. The molecule has 0 rings (SSSR count). The zero-order valence-corrected chi connectivity index (χ0v) is 7.48. The topological polar surface area (TPSA) is 60.2 Å². The van der Waals surface area contributed by atoms with Gasteiger partial charge in [-0.1, -0.05) is 0 Å². The normalized spacial score (nSPS) is 15.2. The minimum absolute atomic E-state index is 0.574. The summed E-state index contributed by atoms with van der Waals surface area (Å²) in [4.78, 5) is 0. The number of hydrogen-bond donors (Lipinski definition) is 1. The van der Waals surface area contributed by atoms with E-state index < -0.39 is 14.1 Å². The van der Waals surface area contributed by atoms with Gasteiger partial charge in [-0.05, 0) is 0 Å². The quantitative estimate of drug-likeness (QED) is 0.429. The molecule has 3 nitrogen and oxygen atoms in total.